The quantitative estimate of drug-likeness (QED) is 0.341. The number of hydrogen-bond donors (Lipinski definition) is 0. The van der Waals surface area contributed by atoms with E-state index in [1.54, 1.807) is 0 Å². The number of rotatable bonds is 5. The number of hydrogen-bond acceptors (Lipinski definition) is 1. The molecular formula is C7H13ClS. The first-order valence-corrected chi connectivity index (χ1v) is 4.24. The lowest BCUT2D eigenvalue weighted by atomic mass is 10.2. The van der Waals surface area contributed by atoms with Crippen LogP contribution >= 0.6 is 23.8 Å². The van der Waals surface area contributed by atoms with E-state index in [-0.39, 0.29) is 0 Å². The van der Waals surface area contributed by atoms with E-state index in [0.717, 1.165) is 12.8 Å². The lowest BCUT2D eigenvalue weighted by Gasteiger charge is -1.94. The summed E-state index contributed by atoms with van der Waals surface area (Å²) in [6.45, 7) is 2.19. The molecule has 0 aliphatic rings. The molecule has 0 saturated carbocycles. The van der Waals surface area contributed by atoms with Crippen LogP contribution in [0, 0.1) is 0 Å². The smallest absolute Gasteiger partial charge is 0.0765 e. The van der Waals surface area contributed by atoms with E-state index in [1.807, 2.05) is 0 Å². The Bertz CT molecular complexity index is 81.0. The molecule has 0 bridgehead atoms. The van der Waals surface area contributed by atoms with Crippen molar-refractivity contribution in [3.8, 4) is 0 Å². The molecule has 0 aromatic rings. The molecule has 0 aromatic heterocycles. The Hall–Kier alpha value is 0.380. The average Bonchev–Trinajstić information content (AvgIpc) is 1.80. The number of thiocarbonyl (C=S) groups is 1. The fourth-order valence-electron chi connectivity index (χ4n) is 0.691. The van der Waals surface area contributed by atoms with Crippen molar-refractivity contribution >= 4 is 28.1 Å². The highest BCUT2D eigenvalue weighted by Crippen LogP contribution is 2.04. The average molecular weight is 165 g/mol. The second-order valence-electron chi connectivity index (χ2n) is 2.17. The van der Waals surface area contributed by atoms with E-state index in [0.29, 0.717) is 4.32 Å². The SMILES string of the molecule is CCCCCCC(=S)Cl. The van der Waals surface area contributed by atoms with Gasteiger partial charge in [-0.3, -0.25) is 0 Å². The number of halogens is 1. The van der Waals surface area contributed by atoms with E-state index < -0.39 is 0 Å². The maximum atomic E-state index is 5.49. The molecule has 54 valence electrons. The minimum atomic E-state index is 0.631. The van der Waals surface area contributed by atoms with Crippen molar-refractivity contribution < 1.29 is 0 Å². The molecule has 0 amide bonds. The third kappa shape index (κ3) is 8.38. The summed E-state index contributed by atoms with van der Waals surface area (Å²) in [6.07, 6.45) is 5.92. The van der Waals surface area contributed by atoms with Crippen LogP contribution in [-0.4, -0.2) is 4.32 Å². The summed E-state index contributed by atoms with van der Waals surface area (Å²) in [7, 11) is 0. The van der Waals surface area contributed by atoms with Crippen molar-refractivity contribution in [2.45, 2.75) is 39.0 Å². The molecule has 0 saturated heterocycles. The number of unbranched alkanes of at least 4 members (excludes halogenated alkanes) is 3. The molecule has 0 rings (SSSR count). The summed E-state index contributed by atoms with van der Waals surface area (Å²) < 4.78 is 0.631. The van der Waals surface area contributed by atoms with Gasteiger partial charge in [0.2, 0.25) is 0 Å². The van der Waals surface area contributed by atoms with E-state index in [1.165, 1.54) is 19.3 Å². The van der Waals surface area contributed by atoms with Gasteiger partial charge in [0.05, 0.1) is 4.32 Å². The van der Waals surface area contributed by atoms with Gasteiger partial charge in [-0.1, -0.05) is 50.0 Å². The van der Waals surface area contributed by atoms with Gasteiger partial charge in [0.1, 0.15) is 0 Å². The standard InChI is InChI=1S/C7H13ClS/c1-2-3-4-5-6-7(8)9/h2-6H2,1H3. The third-order valence-electron chi connectivity index (χ3n) is 1.23. The molecule has 9 heavy (non-hydrogen) atoms. The summed E-state index contributed by atoms with van der Waals surface area (Å²) in [5, 5.41) is 0. The Balaban J connectivity index is 2.83. The molecular weight excluding hydrogens is 152 g/mol. The van der Waals surface area contributed by atoms with Crippen molar-refractivity contribution in [3.05, 3.63) is 0 Å². The van der Waals surface area contributed by atoms with E-state index in [9.17, 15) is 0 Å². The molecule has 0 aromatic carbocycles. The molecule has 2 heteroatoms. The van der Waals surface area contributed by atoms with Gasteiger partial charge in [-0.25, -0.2) is 0 Å². The van der Waals surface area contributed by atoms with Crippen molar-refractivity contribution in [2.24, 2.45) is 0 Å². The van der Waals surface area contributed by atoms with Crippen LogP contribution in [0.4, 0.5) is 0 Å². The van der Waals surface area contributed by atoms with Gasteiger partial charge >= 0.3 is 0 Å². The molecule has 0 N–H and O–H groups in total. The van der Waals surface area contributed by atoms with Crippen LogP contribution in [0.5, 0.6) is 0 Å². The first-order valence-electron chi connectivity index (χ1n) is 3.45. The molecule has 0 unspecified atom stereocenters. The Morgan fingerprint density at radius 1 is 1.33 bits per heavy atom. The van der Waals surface area contributed by atoms with Crippen LogP contribution in [0.3, 0.4) is 0 Å². The highest BCUT2D eigenvalue weighted by atomic mass is 35.5. The van der Waals surface area contributed by atoms with Gasteiger partial charge in [0.15, 0.2) is 0 Å². The summed E-state index contributed by atoms with van der Waals surface area (Å²) in [6, 6.07) is 0. The largest absolute Gasteiger partial charge is 0.0808 e. The van der Waals surface area contributed by atoms with Gasteiger partial charge in [-0.05, 0) is 12.8 Å². The summed E-state index contributed by atoms with van der Waals surface area (Å²) in [5.74, 6) is 0. The first kappa shape index (κ1) is 9.38. The van der Waals surface area contributed by atoms with Gasteiger partial charge < -0.3 is 0 Å². The molecule has 0 radical (unpaired) electrons. The normalized spacial score (nSPS) is 9.56. The van der Waals surface area contributed by atoms with Gasteiger partial charge in [0.25, 0.3) is 0 Å². The summed E-state index contributed by atoms with van der Waals surface area (Å²) in [4.78, 5) is 0. The highest BCUT2D eigenvalue weighted by Gasteiger charge is 1.90. The zero-order valence-electron chi connectivity index (χ0n) is 5.82. The zero-order valence-corrected chi connectivity index (χ0v) is 7.39. The minimum Gasteiger partial charge on any atom is -0.0765 e. The van der Waals surface area contributed by atoms with Crippen molar-refractivity contribution in [1.82, 2.24) is 0 Å². The van der Waals surface area contributed by atoms with Gasteiger partial charge in [-0.2, -0.15) is 0 Å². The predicted octanol–water partition coefficient (Wildman–Crippen LogP) is 3.52. The molecule has 0 nitrogen and oxygen atoms in total. The maximum Gasteiger partial charge on any atom is 0.0808 e. The fraction of sp³-hybridized carbons (Fsp3) is 0.857. The fourth-order valence-corrected chi connectivity index (χ4v) is 0.969. The highest BCUT2D eigenvalue weighted by molar-refractivity contribution is 7.83. The van der Waals surface area contributed by atoms with E-state index >= 15 is 0 Å². The van der Waals surface area contributed by atoms with Crippen LogP contribution in [0.2, 0.25) is 0 Å². The Morgan fingerprint density at radius 2 is 2.00 bits per heavy atom. The first-order chi connectivity index (χ1) is 4.27. The lowest BCUT2D eigenvalue weighted by molar-refractivity contribution is 0.686. The van der Waals surface area contributed by atoms with Crippen molar-refractivity contribution in [1.29, 1.82) is 0 Å². The monoisotopic (exact) mass is 164 g/mol. The maximum absolute atomic E-state index is 5.49. The van der Waals surface area contributed by atoms with Crippen LogP contribution in [0.1, 0.15) is 39.0 Å². The van der Waals surface area contributed by atoms with Crippen molar-refractivity contribution in [3.63, 3.8) is 0 Å². The molecule has 0 aliphatic carbocycles. The Labute approximate surface area is 67.6 Å². The zero-order chi connectivity index (χ0) is 7.11. The van der Waals surface area contributed by atoms with Crippen molar-refractivity contribution in [2.75, 3.05) is 0 Å². The Kier molecular flexibility index (Phi) is 6.77. The minimum absolute atomic E-state index is 0.631. The van der Waals surface area contributed by atoms with E-state index in [4.69, 9.17) is 23.8 Å². The molecule has 0 fully saturated rings. The van der Waals surface area contributed by atoms with Gasteiger partial charge in [0, 0.05) is 0 Å². The lowest BCUT2D eigenvalue weighted by Crippen LogP contribution is -1.82. The van der Waals surface area contributed by atoms with E-state index in [2.05, 4.69) is 6.92 Å². The summed E-state index contributed by atoms with van der Waals surface area (Å²) >= 11 is 10.2. The Morgan fingerprint density at radius 3 is 2.44 bits per heavy atom. The van der Waals surface area contributed by atoms with Gasteiger partial charge in [-0.15, -0.1) is 0 Å². The molecule has 0 atom stereocenters. The topological polar surface area (TPSA) is 0 Å². The second-order valence-corrected chi connectivity index (χ2v) is 3.34. The third-order valence-corrected chi connectivity index (χ3v) is 1.62. The van der Waals surface area contributed by atoms with Crippen LogP contribution in [0.15, 0.2) is 0 Å². The molecule has 0 heterocycles. The predicted molar refractivity (Wildman–Crippen MR) is 47.2 cm³/mol. The van der Waals surface area contributed by atoms with Crippen LogP contribution < -0.4 is 0 Å². The molecule has 0 aliphatic heterocycles. The summed E-state index contributed by atoms with van der Waals surface area (Å²) in [5.41, 5.74) is 0. The molecule has 0 spiro atoms. The van der Waals surface area contributed by atoms with Crippen LogP contribution in [0.25, 0.3) is 0 Å². The second kappa shape index (κ2) is 6.50. The van der Waals surface area contributed by atoms with Crippen LogP contribution in [-0.2, 0) is 0 Å².